The Bertz CT molecular complexity index is 689. The predicted molar refractivity (Wildman–Crippen MR) is 90.3 cm³/mol. The normalized spacial score (nSPS) is 11.3. The molecule has 0 aliphatic carbocycles. The van der Waals surface area contributed by atoms with Gasteiger partial charge in [-0.2, -0.15) is 0 Å². The molecule has 0 amide bonds. The molecular weight excluding hydrogens is 274 g/mol. The summed E-state index contributed by atoms with van der Waals surface area (Å²) in [7, 11) is 0. The zero-order valence-corrected chi connectivity index (χ0v) is 12.7. The minimum atomic E-state index is -0.103. The van der Waals surface area contributed by atoms with Gasteiger partial charge in [-0.15, -0.1) is 0 Å². The van der Waals surface area contributed by atoms with Crippen LogP contribution in [0.3, 0.4) is 0 Å². The van der Waals surface area contributed by atoms with Crippen LogP contribution in [-0.2, 0) is 6.54 Å². The first-order valence-corrected chi connectivity index (χ1v) is 7.18. The molecule has 2 aromatic rings. The molecule has 2 aromatic carbocycles. The summed E-state index contributed by atoms with van der Waals surface area (Å²) >= 11 is 0. The van der Waals surface area contributed by atoms with E-state index in [2.05, 4.69) is 31.0 Å². The van der Waals surface area contributed by atoms with Gasteiger partial charge < -0.3 is 15.5 Å². The molecule has 0 aliphatic heterocycles. The van der Waals surface area contributed by atoms with Gasteiger partial charge in [-0.1, -0.05) is 43.0 Å². The number of rotatable bonds is 6. The Hall–Kier alpha value is -2.52. The third-order valence-electron chi connectivity index (χ3n) is 3.44. The van der Waals surface area contributed by atoms with Crippen LogP contribution in [0.15, 0.2) is 66.8 Å². The van der Waals surface area contributed by atoms with Crippen LogP contribution in [0.1, 0.15) is 16.7 Å². The topological polar surface area (TPSA) is 52.5 Å². The van der Waals surface area contributed by atoms with Gasteiger partial charge in [-0.25, -0.2) is 0 Å². The molecular formula is C19H21NO2. The Kier molecular flexibility index (Phi) is 5.39. The van der Waals surface area contributed by atoms with Gasteiger partial charge in [0.25, 0.3) is 0 Å². The van der Waals surface area contributed by atoms with Gasteiger partial charge in [-0.05, 0) is 41.8 Å². The van der Waals surface area contributed by atoms with Crippen molar-refractivity contribution in [2.45, 2.75) is 13.5 Å². The number of aryl methyl sites for hydroxylation is 1. The van der Waals surface area contributed by atoms with Gasteiger partial charge in [0.15, 0.2) is 0 Å². The monoisotopic (exact) mass is 295 g/mol. The van der Waals surface area contributed by atoms with Gasteiger partial charge in [0, 0.05) is 17.8 Å². The van der Waals surface area contributed by atoms with E-state index in [9.17, 15) is 10.2 Å². The zero-order chi connectivity index (χ0) is 15.9. The van der Waals surface area contributed by atoms with Gasteiger partial charge in [0.1, 0.15) is 5.75 Å². The lowest BCUT2D eigenvalue weighted by molar-refractivity contribution is 0.335. The molecule has 0 unspecified atom stereocenters. The maximum Gasteiger partial charge on any atom is 0.116 e. The molecule has 0 bridgehead atoms. The van der Waals surface area contributed by atoms with Crippen molar-refractivity contribution in [3.63, 3.8) is 0 Å². The van der Waals surface area contributed by atoms with Gasteiger partial charge in [-0.3, -0.25) is 0 Å². The molecule has 0 aromatic heterocycles. The molecule has 3 heteroatoms. The number of aliphatic hydroxyl groups excluding tert-OH is 1. The fourth-order valence-electron chi connectivity index (χ4n) is 2.16. The van der Waals surface area contributed by atoms with Crippen LogP contribution in [0.5, 0.6) is 5.75 Å². The Balaban J connectivity index is 2.24. The summed E-state index contributed by atoms with van der Waals surface area (Å²) < 4.78 is 0. The molecule has 114 valence electrons. The summed E-state index contributed by atoms with van der Waals surface area (Å²) in [4.78, 5) is 0. The van der Waals surface area contributed by atoms with Gasteiger partial charge in [0.05, 0.1) is 6.61 Å². The Labute approximate surface area is 131 Å². The highest BCUT2D eigenvalue weighted by Crippen LogP contribution is 2.19. The number of hydrogen-bond acceptors (Lipinski definition) is 3. The van der Waals surface area contributed by atoms with Crippen molar-refractivity contribution in [2.75, 3.05) is 6.61 Å². The predicted octanol–water partition coefficient (Wildman–Crippen LogP) is 3.38. The third kappa shape index (κ3) is 4.24. The van der Waals surface area contributed by atoms with Crippen LogP contribution in [-0.4, -0.2) is 16.8 Å². The van der Waals surface area contributed by atoms with Crippen LogP contribution in [0.25, 0.3) is 5.70 Å². The van der Waals surface area contributed by atoms with Crippen LogP contribution in [0, 0.1) is 6.92 Å². The Morgan fingerprint density at radius 2 is 1.95 bits per heavy atom. The lowest BCUT2D eigenvalue weighted by Gasteiger charge is -2.14. The molecule has 0 aliphatic rings. The summed E-state index contributed by atoms with van der Waals surface area (Å²) in [6, 6.07) is 15.2. The standard InChI is InChI=1S/C19H21NO2/c1-14(13-21)10-19(16-8-5-9-18(22)11-16)20-12-17-7-4-3-6-15(17)2/h3-11,20-22H,1,12-13H2,2H3/b19-10-. The van der Waals surface area contributed by atoms with Crippen molar-refractivity contribution in [3.05, 3.63) is 83.4 Å². The van der Waals surface area contributed by atoms with E-state index in [4.69, 9.17) is 0 Å². The third-order valence-corrected chi connectivity index (χ3v) is 3.44. The quantitative estimate of drug-likeness (QED) is 0.716. The summed E-state index contributed by atoms with van der Waals surface area (Å²) in [5.41, 5.74) is 4.69. The van der Waals surface area contributed by atoms with E-state index in [0.717, 1.165) is 11.3 Å². The van der Waals surface area contributed by atoms with Crippen molar-refractivity contribution in [1.82, 2.24) is 5.32 Å². The summed E-state index contributed by atoms with van der Waals surface area (Å²) in [5.74, 6) is 0.204. The average Bonchev–Trinajstić information content (AvgIpc) is 2.52. The van der Waals surface area contributed by atoms with Crippen molar-refractivity contribution in [3.8, 4) is 5.75 Å². The van der Waals surface area contributed by atoms with Crippen LogP contribution in [0.4, 0.5) is 0 Å². The number of phenols is 1. The molecule has 0 saturated carbocycles. The zero-order valence-electron chi connectivity index (χ0n) is 12.7. The second-order valence-corrected chi connectivity index (χ2v) is 5.20. The molecule has 22 heavy (non-hydrogen) atoms. The van der Waals surface area contributed by atoms with Crippen LogP contribution in [0.2, 0.25) is 0 Å². The van der Waals surface area contributed by atoms with E-state index in [-0.39, 0.29) is 12.4 Å². The number of nitrogens with one attached hydrogen (secondary N) is 1. The van der Waals surface area contributed by atoms with E-state index in [1.54, 1.807) is 24.3 Å². The molecule has 3 nitrogen and oxygen atoms in total. The lowest BCUT2D eigenvalue weighted by Crippen LogP contribution is -2.13. The number of phenolic OH excluding ortho intramolecular Hbond substituents is 1. The SMILES string of the molecule is C=C(/C=C(\NCc1ccccc1C)c1cccc(O)c1)CO. The van der Waals surface area contributed by atoms with E-state index in [1.165, 1.54) is 11.1 Å². The molecule has 0 saturated heterocycles. The first kappa shape index (κ1) is 15.9. The Morgan fingerprint density at radius 1 is 1.18 bits per heavy atom. The second-order valence-electron chi connectivity index (χ2n) is 5.20. The number of hydrogen-bond donors (Lipinski definition) is 3. The summed E-state index contributed by atoms with van der Waals surface area (Å²) in [5, 5.41) is 22.2. The molecule has 2 rings (SSSR count). The van der Waals surface area contributed by atoms with Crippen molar-refractivity contribution in [1.29, 1.82) is 0 Å². The fourth-order valence-corrected chi connectivity index (χ4v) is 2.16. The second kappa shape index (κ2) is 7.48. The number of aliphatic hydroxyl groups is 1. The molecule has 0 fully saturated rings. The molecule has 0 atom stereocenters. The van der Waals surface area contributed by atoms with Crippen LogP contribution >= 0.6 is 0 Å². The number of benzene rings is 2. The van der Waals surface area contributed by atoms with Crippen molar-refractivity contribution < 1.29 is 10.2 Å². The van der Waals surface area contributed by atoms with Crippen molar-refractivity contribution in [2.24, 2.45) is 0 Å². The average molecular weight is 295 g/mol. The van der Waals surface area contributed by atoms with E-state index >= 15 is 0 Å². The summed E-state index contributed by atoms with van der Waals surface area (Å²) in [6.45, 7) is 6.43. The number of aromatic hydroxyl groups is 1. The highest BCUT2D eigenvalue weighted by atomic mass is 16.3. The lowest BCUT2D eigenvalue weighted by atomic mass is 10.1. The minimum Gasteiger partial charge on any atom is -0.508 e. The first-order valence-electron chi connectivity index (χ1n) is 7.18. The molecule has 3 N–H and O–H groups in total. The molecule has 0 spiro atoms. The maximum atomic E-state index is 9.66. The molecule has 0 radical (unpaired) electrons. The first-order chi connectivity index (χ1) is 10.6. The van der Waals surface area contributed by atoms with E-state index in [0.29, 0.717) is 12.1 Å². The smallest absolute Gasteiger partial charge is 0.116 e. The minimum absolute atomic E-state index is 0.103. The molecule has 0 heterocycles. The van der Waals surface area contributed by atoms with E-state index < -0.39 is 0 Å². The van der Waals surface area contributed by atoms with Gasteiger partial charge >= 0.3 is 0 Å². The fraction of sp³-hybridized carbons (Fsp3) is 0.158. The van der Waals surface area contributed by atoms with Crippen molar-refractivity contribution >= 4 is 5.70 Å². The largest absolute Gasteiger partial charge is 0.508 e. The highest BCUT2D eigenvalue weighted by Gasteiger charge is 2.05. The van der Waals surface area contributed by atoms with E-state index in [1.807, 2.05) is 18.2 Å². The summed E-state index contributed by atoms with van der Waals surface area (Å²) in [6.07, 6.45) is 1.80. The van der Waals surface area contributed by atoms with Gasteiger partial charge in [0.2, 0.25) is 0 Å². The Morgan fingerprint density at radius 3 is 2.64 bits per heavy atom. The highest BCUT2D eigenvalue weighted by molar-refractivity contribution is 5.67. The maximum absolute atomic E-state index is 9.66. The van der Waals surface area contributed by atoms with Crippen LogP contribution < -0.4 is 5.32 Å².